The number of aliphatic hydroxyl groups excluding tert-OH is 2. The molecule has 2 bridgehead atoms. The molecule has 0 spiro atoms. The molecule has 0 aliphatic heterocycles. The number of fused-ring (bicyclic) bond motifs is 2. The number of halogens is 3. The first kappa shape index (κ1) is 26.0. The van der Waals surface area contributed by atoms with Gasteiger partial charge in [0.05, 0.1) is 26.9 Å². The molecule has 4 N–H and O–H groups in total. The van der Waals surface area contributed by atoms with Crippen LogP contribution in [0.15, 0.2) is 41.3 Å². The highest BCUT2D eigenvalue weighted by atomic mass is 35.5. The van der Waals surface area contributed by atoms with E-state index < -0.39 is 62.3 Å². The average molecular weight is 530 g/mol. The first-order valence-electron chi connectivity index (χ1n) is 11.2. The third-order valence-corrected chi connectivity index (χ3v) is 9.97. The third kappa shape index (κ3) is 4.58. The lowest BCUT2D eigenvalue weighted by atomic mass is 9.70. The molecule has 2 fully saturated rings. The van der Waals surface area contributed by atoms with Gasteiger partial charge in [0.25, 0.3) is 5.91 Å². The number of sulfone groups is 1. The van der Waals surface area contributed by atoms with Crippen LogP contribution in [-0.4, -0.2) is 52.7 Å². The van der Waals surface area contributed by atoms with Crippen molar-refractivity contribution >= 4 is 33.0 Å². The Morgan fingerprint density at radius 1 is 1.09 bits per heavy atom. The summed E-state index contributed by atoms with van der Waals surface area (Å²) in [5, 5.41) is 32.9. The van der Waals surface area contributed by atoms with Gasteiger partial charge in [-0.3, -0.25) is 4.79 Å². The van der Waals surface area contributed by atoms with E-state index in [1.54, 1.807) is 0 Å². The maximum Gasteiger partial charge on any atom is 0.255 e. The number of anilines is 1. The van der Waals surface area contributed by atoms with Gasteiger partial charge >= 0.3 is 0 Å². The lowest BCUT2D eigenvalue weighted by Gasteiger charge is -2.46. The Bertz CT molecular complexity index is 1240. The minimum atomic E-state index is -4.03. The Morgan fingerprint density at radius 2 is 1.71 bits per heavy atom. The number of benzene rings is 2. The summed E-state index contributed by atoms with van der Waals surface area (Å²) >= 11 is 6.21. The lowest BCUT2D eigenvalue weighted by molar-refractivity contribution is -0.172. The molecule has 2 aromatic carbocycles. The van der Waals surface area contributed by atoms with Gasteiger partial charge in [0, 0.05) is 17.3 Å². The predicted molar refractivity (Wildman–Crippen MR) is 125 cm³/mol. The van der Waals surface area contributed by atoms with Crippen molar-refractivity contribution in [3.05, 3.63) is 58.6 Å². The Morgan fingerprint density at radius 3 is 2.29 bits per heavy atom. The van der Waals surface area contributed by atoms with E-state index in [0.29, 0.717) is 12.8 Å². The van der Waals surface area contributed by atoms with Gasteiger partial charge in [0.15, 0.2) is 21.5 Å². The summed E-state index contributed by atoms with van der Waals surface area (Å²) in [6, 6.07) is 6.57. The predicted octanol–water partition coefficient (Wildman–Crippen LogP) is 3.31. The van der Waals surface area contributed by atoms with Crippen LogP contribution in [-0.2, 0) is 9.84 Å². The van der Waals surface area contributed by atoms with Crippen molar-refractivity contribution in [1.82, 2.24) is 0 Å². The summed E-state index contributed by atoms with van der Waals surface area (Å²) < 4.78 is 53.7. The zero-order valence-electron chi connectivity index (χ0n) is 18.8. The van der Waals surface area contributed by atoms with Crippen LogP contribution in [0.2, 0.25) is 5.02 Å². The minimum Gasteiger partial charge on any atom is -0.391 e. The van der Waals surface area contributed by atoms with Gasteiger partial charge in [0.1, 0.15) is 6.10 Å². The molecule has 2 aliphatic carbocycles. The molecule has 2 aromatic rings. The molecule has 7 nitrogen and oxygen atoms in total. The number of carbonyl (C=O) groups is 1. The fourth-order valence-corrected chi connectivity index (χ4v) is 7.89. The van der Waals surface area contributed by atoms with Crippen molar-refractivity contribution in [3.63, 3.8) is 0 Å². The molecule has 1 amide bonds. The Kier molecular flexibility index (Phi) is 6.98. The Balaban J connectivity index is 1.59. The smallest absolute Gasteiger partial charge is 0.255 e. The monoisotopic (exact) mass is 529 g/mol. The number of amides is 1. The van der Waals surface area contributed by atoms with Crippen LogP contribution in [0.3, 0.4) is 0 Å². The van der Waals surface area contributed by atoms with Crippen molar-refractivity contribution in [3.8, 4) is 0 Å². The largest absolute Gasteiger partial charge is 0.391 e. The molecular weight excluding hydrogens is 504 g/mol. The summed E-state index contributed by atoms with van der Waals surface area (Å²) in [5.74, 6) is -4.00. The van der Waals surface area contributed by atoms with Gasteiger partial charge in [-0.25, -0.2) is 17.2 Å². The standard InChI is InChI=1S/C24H26ClF2NO6S/c1-12(29)22(30)24(32)14-3-4-15(24)10-17(9-14)35(33,34)21-8-13(2-6-18(21)25)23(31)28-16-5-7-19(26)20(27)11-16/h2,5-8,11-12,14-15,17,22,29-30,32H,3-4,9-10H2,1H3,(H,28,31)/t12-,14+,15?,17+,22-,24+/m1/s1. The van der Waals surface area contributed by atoms with Crippen molar-refractivity contribution in [1.29, 1.82) is 0 Å². The summed E-state index contributed by atoms with van der Waals surface area (Å²) in [6.45, 7) is 1.38. The van der Waals surface area contributed by atoms with E-state index in [4.69, 9.17) is 11.6 Å². The topological polar surface area (TPSA) is 124 Å². The molecule has 11 heteroatoms. The Hall–Kier alpha value is -2.11. The maximum atomic E-state index is 13.6. The fourth-order valence-electron chi connectivity index (χ4n) is 5.48. The number of aliphatic hydroxyl groups is 3. The molecule has 1 unspecified atom stereocenters. The van der Waals surface area contributed by atoms with Crippen LogP contribution in [0, 0.1) is 23.5 Å². The van der Waals surface area contributed by atoms with Gasteiger partial charge in [-0.05, 0) is 74.8 Å². The maximum absolute atomic E-state index is 13.6. The first-order chi connectivity index (χ1) is 16.4. The van der Waals surface area contributed by atoms with E-state index in [0.717, 1.165) is 18.2 Å². The quantitative estimate of drug-likeness (QED) is 0.455. The van der Waals surface area contributed by atoms with Gasteiger partial charge < -0.3 is 20.6 Å². The summed E-state index contributed by atoms with van der Waals surface area (Å²) in [6.07, 6.45) is -1.39. The number of hydrogen-bond donors (Lipinski definition) is 4. The highest BCUT2D eigenvalue weighted by Gasteiger charge is 2.59. The van der Waals surface area contributed by atoms with E-state index in [2.05, 4.69) is 5.32 Å². The summed E-state index contributed by atoms with van der Waals surface area (Å²) in [4.78, 5) is 12.4. The molecule has 0 radical (unpaired) electrons. The van der Waals surface area contributed by atoms with E-state index in [9.17, 15) is 37.3 Å². The van der Waals surface area contributed by atoms with Gasteiger partial charge in [-0.2, -0.15) is 0 Å². The van der Waals surface area contributed by atoms with Crippen LogP contribution in [0.4, 0.5) is 14.5 Å². The van der Waals surface area contributed by atoms with E-state index in [1.807, 2.05) is 0 Å². The van der Waals surface area contributed by atoms with Crippen LogP contribution in [0.1, 0.15) is 43.0 Å². The second-order valence-corrected chi connectivity index (χ2v) is 12.0. The number of nitrogens with one attached hydrogen (secondary N) is 1. The molecule has 0 aromatic heterocycles. The van der Waals surface area contributed by atoms with Gasteiger partial charge in [-0.1, -0.05) is 11.6 Å². The number of rotatable bonds is 6. The van der Waals surface area contributed by atoms with E-state index in [1.165, 1.54) is 25.1 Å². The molecule has 2 saturated carbocycles. The normalized spacial score (nSPS) is 27.9. The van der Waals surface area contributed by atoms with Crippen molar-refractivity contribution in [2.24, 2.45) is 11.8 Å². The lowest BCUT2D eigenvalue weighted by Crippen LogP contribution is -2.58. The van der Waals surface area contributed by atoms with E-state index in [-0.39, 0.29) is 34.0 Å². The molecule has 2 aliphatic rings. The number of hydrogen-bond acceptors (Lipinski definition) is 6. The SMILES string of the molecule is C[C@@H](O)[C@@H](O)[C@@]1(O)C2CC[C@H]1C[C@H](S(=O)(=O)c1cc(C(=O)Nc3ccc(F)c(F)c3)ccc1Cl)C2. The fraction of sp³-hybridized carbons (Fsp3) is 0.458. The van der Waals surface area contributed by atoms with Gasteiger partial charge in [-0.15, -0.1) is 0 Å². The average Bonchev–Trinajstić information content (AvgIpc) is 2.97. The second-order valence-electron chi connectivity index (χ2n) is 9.41. The second kappa shape index (κ2) is 9.40. The molecule has 35 heavy (non-hydrogen) atoms. The van der Waals surface area contributed by atoms with Crippen molar-refractivity contribution < 1.29 is 37.3 Å². The highest BCUT2D eigenvalue weighted by Crippen LogP contribution is 2.54. The summed E-state index contributed by atoms with van der Waals surface area (Å²) in [7, 11) is -4.03. The molecule has 0 heterocycles. The summed E-state index contributed by atoms with van der Waals surface area (Å²) in [5.41, 5.74) is -1.62. The van der Waals surface area contributed by atoms with Gasteiger partial charge in [0.2, 0.25) is 0 Å². The van der Waals surface area contributed by atoms with Crippen LogP contribution in [0.25, 0.3) is 0 Å². The zero-order valence-corrected chi connectivity index (χ0v) is 20.4. The van der Waals surface area contributed by atoms with Crippen LogP contribution < -0.4 is 5.32 Å². The molecular formula is C24H26ClF2NO6S. The first-order valence-corrected chi connectivity index (χ1v) is 13.2. The minimum absolute atomic E-state index is 0.00642. The molecule has 4 rings (SSSR count). The number of carbonyl (C=O) groups excluding carboxylic acids is 1. The zero-order chi connectivity index (χ0) is 25.7. The third-order valence-electron chi connectivity index (χ3n) is 7.31. The van der Waals surface area contributed by atoms with Crippen molar-refractivity contribution in [2.75, 3.05) is 5.32 Å². The molecule has 0 saturated heterocycles. The van der Waals surface area contributed by atoms with Crippen LogP contribution in [0.5, 0.6) is 0 Å². The van der Waals surface area contributed by atoms with E-state index >= 15 is 0 Å². The van der Waals surface area contributed by atoms with Crippen molar-refractivity contribution in [2.45, 2.75) is 60.6 Å². The molecule has 190 valence electrons. The van der Waals surface area contributed by atoms with Crippen LogP contribution >= 0.6 is 11.6 Å². The molecule has 6 atom stereocenters. The highest BCUT2D eigenvalue weighted by molar-refractivity contribution is 7.92. The Labute approximate surface area is 206 Å².